The zero-order valence-corrected chi connectivity index (χ0v) is 9.85. The van der Waals surface area contributed by atoms with Crippen molar-refractivity contribution in [2.75, 3.05) is 0 Å². The van der Waals surface area contributed by atoms with E-state index < -0.39 is 0 Å². The number of hydrogen-bond acceptors (Lipinski definition) is 3. The first-order valence-corrected chi connectivity index (χ1v) is 5.87. The number of nitrogens with zero attached hydrogens (tertiary/aromatic N) is 3. The maximum atomic E-state index is 9.08. The van der Waals surface area contributed by atoms with Crippen molar-refractivity contribution in [1.29, 1.82) is 5.26 Å². The lowest BCUT2D eigenvalue weighted by Crippen LogP contribution is -2.33. The van der Waals surface area contributed by atoms with Gasteiger partial charge in [0.05, 0.1) is 12.6 Å². The highest BCUT2D eigenvalue weighted by Crippen LogP contribution is 2.20. The SMILES string of the molecule is CC(C)c1nccn1CC(C#N)NC1CC1. The van der Waals surface area contributed by atoms with Gasteiger partial charge in [0.1, 0.15) is 11.9 Å². The monoisotopic (exact) mass is 218 g/mol. The summed E-state index contributed by atoms with van der Waals surface area (Å²) in [5.41, 5.74) is 0. The highest BCUT2D eigenvalue weighted by atomic mass is 15.1. The maximum Gasteiger partial charge on any atom is 0.114 e. The Morgan fingerprint density at radius 3 is 2.94 bits per heavy atom. The average Bonchev–Trinajstić information content (AvgIpc) is 2.93. The molecule has 4 nitrogen and oxygen atoms in total. The molecule has 0 aromatic carbocycles. The van der Waals surface area contributed by atoms with Gasteiger partial charge >= 0.3 is 0 Å². The summed E-state index contributed by atoms with van der Waals surface area (Å²) in [4.78, 5) is 4.32. The number of hydrogen-bond donors (Lipinski definition) is 1. The molecule has 1 unspecified atom stereocenters. The molecule has 1 fully saturated rings. The fraction of sp³-hybridized carbons (Fsp3) is 0.667. The van der Waals surface area contributed by atoms with Gasteiger partial charge in [-0.05, 0) is 12.8 Å². The number of imidazole rings is 1. The minimum Gasteiger partial charge on any atom is -0.332 e. The summed E-state index contributed by atoms with van der Waals surface area (Å²) in [7, 11) is 0. The van der Waals surface area contributed by atoms with E-state index in [2.05, 4.69) is 34.8 Å². The van der Waals surface area contributed by atoms with Crippen molar-refractivity contribution in [3.63, 3.8) is 0 Å². The Bertz CT molecular complexity index is 384. The predicted molar refractivity (Wildman–Crippen MR) is 61.9 cm³/mol. The van der Waals surface area contributed by atoms with Crippen LogP contribution in [-0.4, -0.2) is 21.6 Å². The quantitative estimate of drug-likeness (QED) is 0.817. The van der Waals surface area contributed by atoms with Crippen molar-refractivity contribution < 1.29 is 0 Å². The Morgan fingerprint density at radius 1 is 1.62 bits per heavy atom. The lowest BCUT2D eigenvalue weighted by atomic mass is 10.2. The van der Waals surface area contributed by atoms with Crippen LogP contribution >= 0.6 is 0 Å². The van der Waals surface area contributed by atoms with Crippen molar-refractivity contribution >= 4 is 0 Å². The van der Waals surface area contributed by atoms with E-state index in [9.17, 15) is 0 Å². The third-order valence-corrected chi connectivity index (χ3v) is 2.81. The highest BCUT2D eigenvalue weighted by Gasteiger charge is 2.25. The summed E-state index contributed by atoms with van der Waals surface area (Å²) >= 11 is 0. The van der Waals surface area contributed by atoms with Crippen LogP contribution in [-0.2, 0) is 6.54 Å². The summed E-state index contributed by atoms with van der Waals surface area (Å²) in [5, 5.41) is 12.4. The maximum absolute atomic E-state index is 9.08. The third kappa shape index (κ3) is 2.61. The van der Waals surface area contributed by atoms with Crippen LogP contribution in [0.2, 0.25) is 0 Å². The van der Waals surface area contributed by atoms with E-state index in [0.29, 0.717) is 18.5 Å². The van der Waals surface area contributed by atoms with Gasteiger partial charge in [0.25, 0.3) is 0 Å². The van der Waals surface area contributed by atoms with Gasteiger partial charge in [-0.2, -0.15) is 5.26 Å². The second kappa shape index (κ2) is 4.67. The van der Waals surface area contributed by atoms with Crippen LogP contribution in [0.15, 0.2) is 12.4 Å². The molecule has 0 spiro atoms. The van der Waals surface area contributed by atoms with E-state index in [0.717, 1.165) is 5.82 Å². The Balaban J connectivity index is 2.00. The van der Waals surface area contributed by atoms with Gasteiger partial charge in [-0.1, -0.05) is 13.8 Å². The largest absolute Gasteiger partial charge is 0.332 e. The molecule has 0 amide bonds. The van der Waals surface area contributed by atoms with Gasteiger partial charge in [-0.25, -0.2) is 4.98 Å². The smallest absolute Gasteiger partial charge is 0.114 e. The number of aromatic nitrogens is 2. The summed E-state index contributed by atoms with van der Waals surface area (Å²) in [6.45, 7) is 4.93. The first-order chi connectivity index (χ1) is 7.70. The molecule has 0 bridgehead atoms. The van der Waals surface area contributed by atoms with Gasteiger partial charge in [0.15, 0.2) is 0 Å². The Hall–Kier alpha value is -1.34. The molecule has 1 atom stereocenters. The molecule has 2 rings (SSSR count). The van der Waals surface area contributed by atoms with Crippen LogP contribution in [0.25, 0.3) is 0 Å². The molecule has 1 aromatic heterocycles. The first kappa shape index (κ1) is 11.2. The molecular weight excluding hydrogens is 200 g/mol. The molecule has 1 aliphatic carbocycles. The molecule has 1 aliphatic rings. The second-order valence-electron chi connectivity index (χ2n) is 4.72. The van der Waals surface area contributed by atoms with E-state index >= 15 is 0 Å². The van der Waals surface area contributed by atoms with Crippen LogP contribution < -0.4 is 5.32 Å². The zero-order valence-electron chi connectivity index (χ0n) is 9.85. The minimum absolute atomic E-state index is 0.0980. The van der Waals surface area contributed by atoms with Crippen molar-refractivity contribution in [2.24, 2.45) is 0 Å². The predicted octanol–water partition coefficient (Wildman–Crippen LogP) is 1.65. The van der Waals surface area contributed by atoms with Crippen molar-refractivity contribution in [3.8, 4) is 6.07 Å². The normalized spacial score (nSPS) is 17.4. The van der Waals surface area contributed by atoms with Crippen LogP contribution in [0.3, 0.4) is 0 Å². The van der Waals surface area contributed by atoms with E-state index in [1.807, 2.05) is 6.20 Å². The molecule has 4 heteroatoms. The van der Waals surface area contributed by atoms with Crippen molar-refractivity contribution in [3.05, 3.63) is 18.2 Å². The van der Waals surface area contributed by atoms with Gasteiger partial charge in [-0.15, -0.1) is 0 Å². The van der Waals surface area contributed by atoms with E-state index in [4.69, 9.17) is 5.26 Å². The summed E-state index contributed by atoms with van der Waals surface area (Å²) in [5.74, 6) is 1.45. The van der Waals surface area contributed by atoms with Gasteiger partial charge in [0.2, 0.25) is 0 Å². The van der Waals surface area contributed by atoms with Crippen LogP contribution in [0.1, 0.15) is 38.4 Å². The number of rotatable bonds is 5. The summed E-state index contributed by atoms with van der Waals surface area (Å²) in [6, 6.07) is 2.79. The average molecular weight is 218 g/mol. The highest BCUT2D eigenvalue weighted by molar-refractivity contribution is 5.02. The fourth-order valence-electron chi connectivity index (χ4n) is 1.84. The molecule has 0 radical (unpaired) electrons. The van der Waals surface area contributed by atoms with E-state index in [1.165, 1.54) is 12.8 Å². The van der Waals surface area contributed by atoms with Gasteiger partial charge in [0, 0.05) is 24.4 Å². The first-order valence-electron chi connectivity index (χ1n) is 5.87. The molecule has 1 aromatic rings. The topological polar surface area (TPSA) is 53.6 Å². The van der Waals surface area contributed by atoms with Crippen molar-refractivity contribution in [1.82, 2.24) is 14.9 Å². The van der Waals surface area contributed by atoms with E-state index in [-0.39, 0.29) is 6.04 Å². The lowest BCUT2D eigenvalue weighted by Gasteiger charge is -2.15. The van der Waals surface area contributed by atoms with Crippen molar-refractivity contribution in [2.45, 2.75) is 51.2 Å². The van der Waals surface area contributed by atoms with Gasteiger partial charge in [-0.3, -0.25) is 5.32 Å². The molecule has 0 aliphatic heterocycles. The molecule has 16 heavy (non-hydrogen) atoms. The Morgan fingerprint density at radius 2 is 2.38 bits per heavy atom. The van der Waals surface area contributed by atoms with Crippen LogP contribution in [0.5, 0.6) is 0 Å². The minimum atomic E-state index is -0.0980. The number of nitrogens with one attached hydrogen (secondary N) is 1. The fourth-order valence-corrected chi connectivity index (χ4v) is 1.84. The van der Waals surface area contributed by atoms with E-state index in [1.54, 1.807) is 6.20 Å². The number of nitriles is 1. The molecule has 1 saturated carbocycles. The second-order valence-corrected chi connectivity index (χ2v) is 4.72. The standard InChI is InChI=1S/C12H18N4/c1-9(2)12-14-5-6-16(12)8-11(7-13)15-10-3-4-10/h5-6,9-11,15H,3-4,8H2,1-2H3. The van der Waals surface area contributed by atoms with Gasteiger partial charge < -0.3 is 4.57 Å². The third-order valence-electron chi connectivity index (χ3n) is 2.81. The zero-order chi connectivity index (χ0) is 11.5. The molecular formula is C12H18N4. The lowest BCUT2D eigenvalue weighted by molar-refractivity contribution is 0.500. The Labute approximate surface area is 96.3 Å². The molecule has 86 valence electrons. The van der Waals surface area contributed by atoms with Crippen LogP contribution in [0.4, 0.5) is 0 Å². The molecule has 0 saturated heterocycles. The van der Waals surface area contributed by atoms with Crippen LogP contribution in [0, 0.1) is 11.3 Å². The summed E-state index contributed by atoms with van der Waals surface area (Å²) in [6.07, 6.45) is 6.17. The molecule has 1 heterocycles. The Kier molecular flexibility index (Phi) is 3.25. The molecule has 1 N–H and O–H groups in total. The summed E-state index contributed by atoms with van der Waals surface area (Å²) < 4.78 is 2.08.